The van der Waals surface area contributed by atoms with E-state index in [1.54, 1.807) is 0 Å². The van der Waals surface area contributed by atoms with Gasteiger partial charge in [0.25, 0.3) is 0 Å². The lowest BCUT2D eigenvalue weighted by Gasteiger charge is -2.31. The number of aromatic nitrogens is 2. The van der Waals surface area contributed by atoms with Crippen LogP contribution in [0, 0.1) is 11.6 Å². The van der Waals surface area contributed by atoms with E-state index < -0.39 is 29.3 Å². The van der Waals surface area contributed by atoms with Gasteiger partial charge >= 0.3 is 12.0 Å². The van der Waals surface area contributed by atoms with E-state index >= 15 is 0 Å². The molecule has 2 fully saturated rings. The number of methoxy groups -OCH3 is 2. The number of carbonyl (C=O) groups excluding carboxylic acids is 1. The number of benzene rings is 1. The van der Waals surface area contributed by atoms with Crippen molar-refractivity contribution in [1.82, 2.24) is 14.9 Å². The van der Waals surface area contributed by atoms with Crippen molar-refractivity contribution in [3.8, 4) is 11.8 Å². The zero-order chi connectivity index (χ0) is 23.0. The van der Waals surface area contributed by atoms with Gasteiger partial charge in [0.2, 0.25) is 0 Å². The van der Waals surface area contributed by atoms with Gasteiger partial charge in [-0.3, -0.25) is 9.69 Å². The summed E-state index contributed by atoms with van der Waals surface area (Å²) in [5, 5.41) is -0.0332. The van der Waals surface area contributed by atoms with Crippen LogP contribution in [0.3, 0.4) is 0 Å². The number of carbonyl (C=O) groups is 1. The summed E-state index contributed by atoms with van der Waals surface area (Å²) in [6.45, 7) is 1.06. The van der Waals surface area contributed by atoms with E-state index in [1.165, 1.54) is 26.2 Å². The number of ether oxygens (including phenoxy) is 3. The van der Waals surface area contributed by atoms with E-state index in [-0.39, 0.29) is 41.6 Å². The summed E-state index contributed by atoms with van der Waals surface area (Å²) in [6.07, 6.45) is 1.14. The zero-order valence-electron chi connectivity index (χ0n) is 18.2. The van der Waals surface area contributed by atoms with Crippen molar-refractivity contribution in [3.63, 3.8) is 0 Å². The van der Waals surface area contributed by atoms with Crippen LogP contribution in [0.1, 0.15) is 19.3 Å². The van der Waals surface area contributed by atoms with Crippen molar-refractivity contribution in [3.05, 3.63) is 17.7 Å². The number of esters is 1. The molecule has 174 valence electrons. The molecule has 2 atom stereocenters. The van der Waals surface area contributed by atoms with Gasteiger partial charge in [-0.15, -0.1) is 0 Å². The monoisotopic (exact) mass is 454 g/mol. The van der Waals surface area contributed by atoms with Crippen molar-refractivity contribution in [2.24, 2.45) is 0 Å². The first-order valence-electron chi connectivity index (χ1n) is 10.3. The minimum absolute atomic E-state index is 0.0332. The quantitative estimate of drug-likeness (QED) is 0.591. The number of alkyl halides is 1. The van der Waals surface area contributed by atoms with Gasteiger partial charge in [0.15, 0.2) is 17.4 Å². The minimum atomic E-state index is -0.928. The Morgan fingerprint density at radius 2 is 2.09 bits per heavy atom. The van der Waals surface area contributed by atoms with Crippen molar-refractivity contribution in [1.29, 1.82) is 0 Å². The standard InChI is InChI=1S/C21H25F3N4O4/c1-27(10-15(29)30-2)19-16-17(13(23)7-14(24)18(16)31-3)25-20(26-19)32-11-21-5-4-6-28(21)9-12(22)8-21/h7,12H,4-6,8-11H2,1-3H3/t12-,21+/m1/s1. The van der Waals surface area contributed by atoms with Crippen LogP contribution in [0.5, 0.6) is 11.8 Å². The predicted octanol–water partition coefficient (Wildman–Crippen LogP) is 2.48. The van der Waals surface area contributed by atoms with Crippen LogP contribution in [0.25, 0.3) is 10.9 Å². The lowest BCUT2D eigenvalue weighted by molar-refractivity contribution is -0.138. The number of halogens is 3. The van der Waals surface area contributed by atoms with Gasteiger partial charge < -0.3 is 19.1 Å². The Hall–Kier alpha value is -2.82. The molecule has 8 nitrogen and oxygen atoms in total. The molecule has 2 aliphatic rings. The number of likely N-dealkylation sites (N-methyl/N-ethyl adjacent to an activating group) is 1. The Kier molecular flexibility index (Phi) is 6.02. The molecule has 0 radical (unpaired) electrons. The second-order valence-corrected chi connectivity index (χ2v) is 8.22. The zero-order valence-corrected chi connectivity index (χ0v) is 18.2. The molecule has 0 unspecified atom stereocenters. The molecule has 11 heteroatoms. The van der Waals surface area contributed by atoms with Gasteiger partial charge in [0, 0.05) is 26.1 Å². The Balaban J connectivity index is 1.74. The van der Waals surface area contributed by atoms with Crippen LogP contribution >= 0.6 is 0 Å². The molecule has 1 aromatic heterocycles. The normalized spacial score (nSPS) is 22.8. The maximum atomic E-state index is 14.7. The van der Waals surface area contributed by atoms with Gasteiger partial charge in [0.1, 0.15) is 30.7 Å². The van der Waals surface area contributed by atoms with E-state index in [9.17, 15) is 18.0 Å². The highest BCUT2D eigenvalue weighted by Gasteiger charge is 2.49. The fourth-order valence-corrected chi connectivity index (χ4v) is 4.70. The second kappa shape index (κ2) is 8.61. The minimum Gasteiger partial charge on any atom is -0.493 e. The third kappa shape index (κ3) is 3.89. The van der Waals surface area contributed by atoms with Crippen LogP contribution in [-0.4, -0.2) is 80.1 Å². The molecule has 2 saturated heterocycles. The van der Waals surface area contributed by atoms with Crippen LogP contribution in [-0.2, 0) is 9.53 Å². The molecule has 0 amide bonds. The fourth-order valence-electron chi connectivity index (χ4n) is 4.70. The first-order valence-corrected chi connectivity index (χ1v) is 10.3. The van der Waals surface area contributed by atoms with Crippen LogP contribution in [0.2, 0.25) is 0 Å². The highest BCUT2D eigenvalue weighted by Crippen LogP contribution is 2.41. The molecule has 0 bridgehead atoms. The summed E-state index contributed by atoms with van der Waals surface area (Å²) in [7, 11) is 3.99. The summed E-state index contributed by atoms with van der Waals surface area (Å²) < 4.78 is 58.8. The molecular formula is C21H25F3N4O4. The highest BCUT2D eigenvalue weighted by atomic mass is 19.1. The second-order valence-electron chi connectivity index (χ2n) is 8.22. The SMILES string of the molecule is COC(=O)CN(C)c1nc(OC[C@@]23CCCN2C[C@H](F)C3)nc2c(F)cc(F)c(OC)c12. The first kappa shape index (κ1) is 22.4. The molecule has 2 aliphatic heterocycles. The Labute approximate surface area is 183 Å². The fraction of sp³-hybridized carbons (Fsp3) is 0.571. The molecule has 4 rings (SSSR count). The summed E-state index contributed by atoms with van der Waals surface area (Å²) in [5.41, 5.74) is -0.662. The third-order valence-corrected chi connectivity index (χ3v) is 6.18. The summed E-state index contributed by atoms with van der Waals surface area (Å²) >= 11 is 0. The van der Waals surface area contributed by atoms with Crippen molar-refractivity contribution < 1.29 is 32.2 Å². The Bertz CT molecular complexity index is 1040. The number of rotatable bonds is 7. The number of anilines is 1. The van der Waals surface area contributed by atoms with Crippen LogP contribution in [0.15, 0.2) is 6.07 Å². The molecule has 32 heavy (non-hydrogen) atoms. The molecule has 0 N–H and O–H groups in total. The number of hydrogen-bond donors (Lipinski definition) is 0. The highest BCUT2D eigenvalue weighted by molar-refractivity contribution is 5.96. The van der Waals surface area contributed by atoms with Crippen molar-refractivity contribution in [2.45, 2.75) is 31.0 Å². The third-order valence-electron chi connectivity index (χ3n) is 6.18. The lowest BCUT2D eigenvalue weighted by atomic mass is 9.95. The van der Waals surface area contributed by atoms with Crippen LogP contribution < -0.4 is 14.4 Å². The summed E-state index contributed by atoms with van der Waals surface area (Å²) in [6, 6.07) is 0.518. The molecule has 1 aromatic carbocycles. The van der Waals surface area contributed by atoms with Crippen LogP contribution in [0.4, 0.5) is 19.0 Å². The predicted molar refractivity (Wildman–Crippen MR) is 110 cm³/mol. The lowest BCUT2D eigenvalue weighted by Crippen LogP contribution is -2.43. The maximum absolute atomic E-state index is 14.7. The van der Waals surface area contributed by atoms with Gasteiger partial charge in [-0.05, 0) is 19.4 Å². The average molecular weight is 454 g/mol. The first-order chi connectivity index (χ1) is 15.3. The molecule has 0 aliphatic carbocycles. The molecule has 3 heterocycles. The van der Waals surface area contributed by atoms with E-state index in [0.717, 1.165) is 19.4 Å². The molecule has 0 spiro atoms. The topological polar surface area (TPSA) is 77.0 Å². The smallest absolute Gasteiger partial charge is 0.325 e. The van der Waals surface area contributed by atoms with E-state index in [0.29, 0.717) is 19.0 Å². The summed E-state index contributed by atoms with van der Waals surface area (Å²) in [4.78, 5) is 23.7. The van der Waals surface area contributed by atoms with Crippen molar-refractivity contribution >= 4 is 22.7 Å². The van der Waals surface area contributed by atoms with E-state index in [2.05, 4.69) is 19.6 Å². The Morgan fingerprint density at radius 3 is 2.81 bits per heavy atom. The van der Waals surface area contributed by atoms with Gasteiger partial charge in [-0.2, -0.15) is 9.97 Å². The van der Waals surface area contributed by atoms with Gasteiger partial charge in [-0.25, -0.2) is 13.2 Å². The maximum Gasteiger partial charge on any atom is 0.325 e. The molecule has 2 aromatic rings. The Morgan fingerprint density at radius 1 is 1.31 bits per heavy atom. The average Bonchev–Trinajstić information content (AvgIpc) is 3.27. The van der Waals surface area contributed by atoms with E-state index in [1.807, 2.05) is 0 Å². The molecular weight excluding hydrogens is 429 g/mol. The molecule has 0 saturated carbocycles. The largest absolute Gasteiger partial charge is 0.493 e. The van der Waals surface area contributed by atoms with Gasteiger partial charge in [-0.1, -0.05) is 0 Å². The van der Waals surface area contributed by atoms with E-state index in [4.69, 9.17) is 9.47 Å². The van der Waals surface area contributed by atoms with Gasteiger partial charge in [0.05, 0.1) is 25.1 Å². The summed E-state index contributed by atoms with van der Waals surface area (Å²) in [5.74, 6) is -2.64. The number of fused-ring (bicyclic) bond motifs is 2. The number of nitrogens with zero attached hydrogens (tertiary/aromatic N) is 4. The number of hydrogen-bond acceptors (Lipinski definition) is 8. The van der Waals surface area contributed by atoms with Crippen molar-refractivity contribution in [2.75, 3.05) is 52.4 Å².